The van der Waals surface area contributed by atoms with E-state index in [0.29, 0.717) is 0 Å². The van der Waals surface area contributed by atoms with Gasteiger partial charge in [0.05, 0.1) is 7.11 Å². The summed E-state index contributed by atoms with van der Waals surface area (Å²) in [6.07, 6.45) is 5.42. The van der Waals surface area contributed by atoms with E-state index in [4.69, 9.17) is 16.3 Å². The summed E-state index contributed by atoms with van der Waals surface area (Å²) in [6.45, 7) is 11.4. The molecule has 161 valence electrons. The zero-order valence-electron chi connectivity index (χ0n) is 18.9. The number of hydrogen-bond donors (Lipinski definition) is 0. The smallest absolute Gasteiger partial charge is 0.539 e. The normalized spacial score (nSPS) is 10.4. The van der Waals surface area contributed by atoms with Crippen molar-refractivity contribution in [3.8, 4) is 28.0 Å². The Hall–Kier alpha value is -1.37. The number of unbranched alkanes of at least 4 members (excludes halogenated alkanes) is 2. The van der Waals surface area contributed by atoms with Crippen molar-refractivity contribution in [3.05, 3.63) is 90.7 Å². The number of halogens is 1. The van der Waals surface area contributed by atoms with Crippen molar-refractivity contribution in [2.24, 2.45) is 0 Å². The van der Waals surface area contributed by atoms with E-state index in [1.54, 1.807) is 7.11 Å². The predicted octanol–water partition coefficient (Wildman–Crippen LogP) is 8.63. The Morgan fingerprint density at radius 1 is 1.00 bits per heavy atom. The van der Waals surface area contributed by atoms with Gasteiger partial charge in [-0.15, -0.1) is 23.3 Å². The molecule has 0 spiro atoms. The standard InChI is InChI=1S/C20H14ClO.2C4H9.Zr/c1-22-19-10-9-16(13-5-3-2-4-6-13)18-12-14-11-15(21)7-8-17(14)20(18)19;2*1-3-4-2;/h2-8,10-11H,12H2,1H3;2*1,3-4H2,2H3;/q3*-1;+3. The first-order valence-electron chi connectivity index (χ1n) is 10.6. The van der Waals surface area contributed by atoms with Crippen molar-refractivity contribution in [1.82, 2.24) is 0 Å². The molecule has 0 unspecified atom stereocenters. The number of fused-ring (bicyclic) bond motifs is 3. The van der Waals surface area contributed by atoms with Crippen LogP contribution in [0.2, 0.25) is 5.02 Å². The molecule has 0 amide bonds. The van der Waals surface area contributed by atoms with Crippen LogP contribution >= 0.6 is 11.6 Å². The van der Waals surface area contributed by atoms with Crippen LogP contribution in [0, 0.1) is 19.9 Å². The van der Waals surface area contributed by atoms with Crippen LogP contribution in [0.25, 0.3) is 22.3 Å². The minimum atomic E-state index is 0. The predicted molar refractivity (Wildman–Crippen MR) is 131 cm³/mol. The molecule has 31 heavy (non-hydrogen) atoms. The van der Waals surface area contributed by atoms with E-state index in [2.05, 4.69) is 64.1 Å². The Morgan fingerprint density at radius 3 is 2.16 bits per heavy atom. The summed E-state index contributed by atoms with van der Waals surface area (Å²) < 4.78 is 5.57. The molecule has 1 aliphatic carbocycles. The Bertz CT molecular complexity index is 914. The second-order valence-corrected chi connectivity index (χ2v) is 7.57. The van der Waals surface area contributed by atoms with E-state index in [1.165, 1.54) is 40.7 Å². The van der Waals surface area contributed by atoms with Gasteiger partial charge in [0.25, 0.3) is 0 Å². The average molecular weight is 511 g/mol. The Kier molecular flexibility index (Phi) is 13.1. The Morgan fingerprint density at radius 2 is 1.61 bits per heavy atom. The molecule has 0 N–H and O–H groups in total. The zero-order valence-corrected chi connectivity index (χ0v) is 22.1. The second-order valence-electron chi connectivity index (χ2n) is 7.14. The number of benzene rings is 3. The third kappa shape index (κ3) is 7.33. The van der Waals surface area contributed by atoms with Gasteiger partial charge in [-0.2, -0.15) is 12.8 Å². The van der Waals surface area contributed by atoms with Crippen molar-refractivity contribution in [1.29, 1.82) is 0 Å². The van der Waals surface area contributed by atoms with Gasteiger partial charge in [-0.1, -0.05) is 85.8 Å². The molecule has 3 heteroatoms. The third-order valence-electron chi connectivity index (χ3n) is 4.89. The van der Waals surface area contributed by atoms with E-state index >= 15 is 0 Å². The topological polar surface area (TPSA) is 9.23 Å². The van der Waals surface area contributed by atoms with E-state index < -0.39 is 0 Å². The first kappa shape index (κ1) is 27.7. The maximum Gasteiger partial charge on any atom is 3.00 e. The van der Waals surface area contributed by atoms with Crippen molar-refractivity contribution < 1.29 is 30.9 Å². The van der Waals surface area contributed by atoms with E-state index in [9.17, 15) is 0 Å². The minimum Gasteiger partial charge on any atom is -0.539 e. The maximum atomic E-state index is 6.16. The second kappa shape index (κ2) is 14.6. The summed E-state index contributed by atoms with van der Waals surface area (Å²) in [6, 6.07) is 21.8. The number of ether oxygens (including phenoxy) is 1. The number of methoxy groups -OCH3 is 1. The van der Waals surface area contributed by atoms with Crippen LogP contribution in [0.5, 0.6) is 5.75 Å². The molecule has 0 fully saturated rings. The maximum absolute atomic E-state index is 6.16. The monoisotopic (exact) mass is 509 g/mol. The summed E-state index contributed by atoms with van der Waals surface area (Å²) in [7, 11) is 1.71. The molecule has 0 heterocycles. The van der Waals surface area contributed by atoms with E-state index in [0.717, 1.165) is 35.6 Å². The molecule has 0 bridgehead atoms. The van der Waals surface area contributed by atoms with Crippen molar-refractivity contribution in [2.75, 3.05) is 7.11 Å². The number of rotatable bonds is 4. The molecule has 0 atom stereocenters. The van der Waals surface area contributed by atoms with Crippen molar-refractivity contribution >= 4 is 11.6 Å². The first-order valence-corrected chi connectivity index (χ1v) is 11.0. The average Bonchev–Trinajstić information content (AvgIpc) is 3.17. The fourth-order valence-corrected chi connectivity index (χ4v) is 3.40. The summed E-state index contributed by atoms with van der Waals surface area (Å²) >= 11 is 6.16. The van der Waals surface area contributed by atoms with Crippen molar-refractivity contribution in [2.45, 2.75) is 46.0 Å². The van der Waals surface area contributed by atoms with Crippen LogP contribution in [-0.2, 0) is 32.6 Å². The SMILES string of the molecule is COc1c[c-]c(-c2ccccc2)c2c1-c1ccc(Cl)cc1C2.[CH2-]CCC.[CH2-]CCC.[Zr+3]. The van der Waals surface area contributed by atoms with Crippen LogP contribution in [0.1, 0.15) is 50.7 Å². The van der Waals surface area contributed by atoms with Gasteiger partial charge in [-0.25, -0.2) is 0 Å². The molecular formula is C28H32ClOZr. The number of hydrogen-bond acceptors (Lipinski definition) is 1. The third-order valence-corrected chi connectivity index (χ3v) is 5.13. The molecule has 3 aromatic rings. The van der Waals surface area contributed by atoms with Crippen LogP contribution in [0.3, 0.4) is 0 Å². The van der Waals surface area contributed by atoms with Gasteiger partial charge in [0.15, 0.2) is 0 Å². The Labute approximate surface area is 213 Å². The molecule has 1 nitrogen and oxygen atoms in total. The van der Waals surface area contributed by atoms with Crippen LogP contribution in [-0.4, -0.2) is 7.11 Å². The first-order chi connectivity index (χ1) is 14.6. The van der Waals surface area contributed by atoms with Crippen LogP contribution in [0.15, 0.2) is 54.6 Å². The Balaban J connectivity index is 0.000000465. The van der Waals surface area contributed by atoms with Gasteiger partial charge in [-0.3, -0.25) is 0 Å². The van der Waals surface area contributed by atoms with Gasteiger partial charge in [0, 0.05) is 10.8 Å². The molecule has 4 rings (SSSR count). The van der Waals surface area contributed by atoms with Gasteiger partial charge in [0.2, 0.25) is 0 Å². The molecule has 0 aromatic heterocycles. The zero-order chi connectivity index (χ0) is 21.9. The van der Waals surface area contributed by atoms with Gasteiger partial charge < -0.3 is 18.6 Å². The summed E-state index contributed by atoms with van der Waals surface area (Å²) in [4.78, 5) is 0. The molecule has 0 aliphatic heterocycles. The molecular weight excluding hydrogens is 479 g/mol. The van der Waals surface area contributed by atoms with Gasteiger partial charge >= 0.3 is 26.2 Å². The summed E-state index contributed by atoms with van der Waals surface area (Å²) in [5, 5.41) is 0.774. The van der Waals surface area contributed by atoms with Crippen LogP contribution in [0.4, 0.5) is 0 Å². The van der Waals surface area contributed by atoms with Gasteiger partial charge in [-0.05, 0) is 29.7 Å². The van der Waals surface area contributed by atoms with Crippen molar-refractivity contribution in [3.63, 3.8) is 0 Å². The summed E-state index contributed by atoms with van der Waals surface area (Å²) in [5.74, 6) is 0.871. The fourth-order valence-electron chi connectivity index (χ4n) is 3.21. The molecule has 0 saturated heterocycles. The molecule has 1 radical (unpaired) electrons. The quantitative estimate of drug-likeness (QED) is 0.249. The molecule has 0 saturated carbocycles. The molecule has 1 aliphatic rings. The van der Waals surface area contributed by atoms with E-state index in [1.807, 2.05) is 24.3 Å². The van der Waals surface area contributed by atoms with Crippen LogP contribution < -0.4 is 4.74 Å². The minimum absolute atomic E-state index is 0. The largest absolute Gasteiger partial charge is 3.00 e. The van der Waals surface area contributed by atoms with Gasteiger partial charge in [0.1, 0.15) is 0 Å². The summed E-state index contributed by atoms with van der Waals surface area (Å²) in [5.41, 5.74) is 7.22. The van der Waals surface area contributed by atoms with E-state index in [-0.39, 0.29) is 26.2 Å². The fraction of sp³-hybridized carbons (Fsp3) is 0.286. The molecule has 3 aromatic carbocycles.